The quantitative estimate of drug-likeness (QED) is 0.349. The number of fused-ring (bicyclic) bond motifs is 3. The average Bonchev–Trinajstić information content (AvgIpc) is 2.62. The number of nitrogens with zero attached hydrogens (tertiary/aromatic N) is 2. The fourth-order valence-corrected chi connectivity index (χ4v) is 2.14. The topological polar surface area (TPSA) is 34.9 Å². The summed E-state index contributed by atoms with van der Waals surface area (Å²) >= 11 is 19.8. The van der Waals surface area contributed by atoms with E-state index in [9.17, 15) is 4.57 Å². The zero-order valence-corrected chi connectivity index (χ0v) is 14.1. The van der Waals surface area contributed by atoms with E-state index in [0.717, 1.165) is 16.4 Å². The molecule has 0 bridgehead atoms. The van der Waals surface area contributed by atoms with Gasteiger partial charge in [0.1, 0.15) is 5.15 Å². The molecule has 106 valence electrons. The van der Waals surface area contributed by atoms with Crippen molar-refractivity contribution >= 4 is 72.5 Å². The minimum Gasteiger partial charge on any atom is -0.342 e. The summed E-state index contributed by atoms with van der Waals surface area (Å²) < 4.78 is 11.6. The third kappa shape index (κ3) is 3.81. The summed E-state index contributed by atoms with van der Waals surface area (Å²) in [6.07, 6.45) is 0. The Bertz CT molecular complexity index is 803. The lowest BCUT2D eigenvalue weighted by Crippen LogP contribution is -1.86. The maximum atomic E-state index is 9.51. The number of halogens is 4. The molecule has 0 aliphatic carbocycles. The normalized spacial score (nSPS) is 11.4. The first kappa shape index (κ1) is 15.9. The largest absolute Gasteiger partial charge is 0.342 e. The molecule has 0 spiro atoms. The first-order valence-electron chi connectivity index (χ1n) is 5.46. The van der Waals surface area contributed by atoms with Crippen LogP contribution < -0.4 is 0 Å². The van der Waals surface area contributed by atoms with Gasteiger partial charge in [0.05, 0.1) is 16.6 Å². The second-order valence-corrected chi connectivity index (χ2v) is 11.0. The molecule has 0 saturated carbocycles. The van der Waals surface area contributed by atoms with Crippen LogP contribution in [0.1, 0.15) is 0 Å². The van der Waals surface area contributed by atoms with E-state index in [0.29, 0.717) is 5.15 Å². The molecule has 1 aromatic carbocycles. The minimum absolute atomic E-state index is 0.541. The Kier molecular flexibility index (Phi) is 4.88. The van der Waals surface area contributed by atoms with Crippen LogP contribution in [-0.2, 0) is 11.6 Å². The predicted octanol–water partition coefficient (Wildman–Crippen LogP) is 6.19. The van der Waals surface area contributed by atoms with Gasteiger partial charge in [-0.2, -0.15) is 0 Å². The zero-order valence-electron chi connectivity index (χ0n) is 10.2. The molecule has 3 aromatic rings. The standard InChI is InChI=1S/C12H9ClN2.Cl3OP/c1-15-9-5-3-2-4-8(9)12-10(15)6-7-11(13)14-12;1-5(2,3)4/h2-7H,1H3;. The summed E-state index contributed by atoms with van der Waals surface area (Å²) in [5.41, 5.74) is 3.27. The van der Waals surface area contributed by atoms with Gasteiger partial charge in [-0.05, 0) is 51.9 Å². The molecule has 0 atom stereocenters. The Morgan fingerprint density at radius 1 is 1.05 bits per heavy atom. The van der Waals surface area contributed by atoms with Crippen LogP contribution in [-0.4, -0.2) is 9.55 Å². The summed E-state index contributed by atoms with van der Waals surface area (Å²) in [6, 6.07) is 12.0. The number of para-hydroxylation sites is 1. The molecule has 0 amide bonds. The van der Waals surface area contributed by atoms with E-state index in [4.69, 9.17) is 11.6 Å². The van der Waals surface area contributed by atoms with E-state index in [1.807, 2.05) is 31.3 Å². The molecule has 0 unspecified atom stereocenters. The van der Waals surface area contributed by atoms with Gasteiger partial charge in [-0.3, -0.25) is 4.57 Å². The maximum absolute atomic E-state index is 9.51. The molecule has 2 heterocycles. The highest BCUT2D eigenvalue weighted by Gasteiger charge is 2.08. The molecule has 0 saturated heterocycles. The predicted molar refractivity (Wildman–Crippen MR) is 88.4 cm³/mol. The Morgan fingerprint density at radius 3 is 2.30 bits per heavy atom. The van der Waals surface area contributed by atoms with Gasteiger partial charge < -0.3 is 4.57 Å². The number of benzene rings is 1. The fraction of sp³-hybridized carbons (Fsp3) is 0.0833. The van der Waals surface area contributed by atoms with Crippen LogP contribution in [0.3, 0.4) is 0 Å². The molecule has 0 N–H and O–H groups in total. The van der Waals surface area contributed by atoms with Crippen molar-refractivity contribution in [1.82, 2.24) is 9.55 Å². The van der Waals surface area contributed by atoms with Crippen molar-refractivity contribution in [1.29, 1.82) is 0 Å². The van der Waals surface area contributed by atoms with Gasteiger partial charge in [-0.1, -0.05) is 29.8 Å². The molecule has 3 rings (SSSR count). The van der Waals surface area contributed by atoms with Crippen LogP contribution in [0, 0.1) is 0 Å². The van der Waals surface area contributed by atoms with Crippen molar-refractivity contribution in [3.63, 3.8) is 0 Å². The summed E-state index contributed by atoms with van der Waals surface area (Å²) in [4.78, 5) is 4.37. The molecule has 0 fully saturated rings. The van der Waals surface area contributed by atoms with E-state index in [1.165, 1.54) is 5.52 Å². The molecule has 0 aliphatic rings. The first-order valence-corrected chi connectivity index (χ1v) is 10.3. The van der Waals surface area contributed by atoms with Gasteiger partial charge in [-0.15, -0.1) is 0 Å². The van der Waals surface area contributed by atoms with E-state index < -0.39 is 5.20 Å². The van der Waals surface area contributed by atoms with Crippen molar-refractivity contribution in [2.75, 3.05) is 0 Å². The Labute approximate surface area is 135 Å². The third-order valence-corrected chi connectivity index (χ3v) is 2.93. The monoisotopic (exact) mass is 368 g/mol. The Hall–Kier alpha value is -0.440. The van der Waals surface area contributed by atoms with E-state index in [1.54, 1.807) is 0 Å². The molecule has 0 radical (unpaired) electrons. The highest BCUT2D eigenvalue weighted by Crippen LogP contribution is 2.61. The van der Waals surface area contributed by atoms with E-state index in [-0.39, 0.29) is 0 Å². The Morgan fingerprint density at radius 2 is 1.65 bits per heavy atom. The van der Waals surface area contributed by atoms with Gasteiger partial charge in [0.2, 0.25) is 0 Å². The van der Waals surface area contributed by atoms with Gasteiger partial charge in [-0.25, -0.2) is 4.98 Å². The van der Waals surface area contributed by atoms with Crippen molar-refractivity contribution in [2.45, 2.75) is 0 Å². The van der Waals surface area contributed by atoms with Crippen LogP contribution in [0.2, 0.25) is 5.15 Å². The molecule has 8 heteroatoms. The third-order valence-electron chi connectivity index (χ3n) is 2.72. The van der Waals surface area contributed by atoms with E-state index >= 15 is 0 Å². The molecule has 3 nitrogen and oxygen atoms in total. The lowest BCUT2D eigenvalue weighted by molar-refractivity contribution is 0.600. The van der Waals surface area contributed by atoms with Crippen molar-refractivity contribution in [2.24, 2.45) is 7.05 Å². The van der Waals surface area contributed by atoms with Gasteiger partial charge in [0.15, 0.2) is 0 Å². The van der Waals surface area contributed by atoms with Gasteiger partial charge in [0.25, 0.3) is 0 Å². The van der Waals surface area contributed by atoms with Crippen LogP contribution in [0.15, 0.2) is 36.4 Å². The number of pyridine rings is 1. The maximum Gasteiger partial charge on any atom is 0.339 e. The average molecular weight is 370 g/mol. The SMILES string of the molecule is Cn1c2ccccc2c2nc(Cl)ccc21.O=P(Cl)(Cl)Cl. The van der Waals surface area contributed by atoms with Crippen LogP contribution in [0.25, 0.3) is 21.9 Å². The highest BCUT2D eigenvalue weighted by atomic mass is 36.0. The van der Waals surface area contributed by atoms with Crippen molar-refractivity contribution in [3.05, 3.63) is 41.6 Å². The second kappa shape index (κ2) is 6.13. The number of aromatic nitrogens is 2. The fourth-order valence-electron chi connectivity index (χ4n) is 1.99. The zero-order chi connectivity index (χ0) is 14.9. The number of hydrogen-bond donors (Lipinski definition) is 0. The molecule has 0 aliphatic heterocycles. The number of aryl methyl sites for hydroxylation is 1. The van der Waals surface area contributed by atoms with Crippen LogP contribution >= 0.6 is 50.5 Å². The summed E-state index contributed by atoms with van der Waals surface area (Å²) in [5, 5.41) is -1.53. The lowest BCUT2D eigenvalue weighted by Gasteiger charge is -1.95. The van der Waals surface area contributed by atoms with Crippen molar-refractivity contribution < 1.29 is 4.57 Å². The highest BCUT2D eigenvalue weighted by molar-refractivity contribution is 8.24. The van der Waals surface area contributed by atoms with Crippen LogP contribution in [0.4, 0.5) is 0 Å². The molecule has 2 aromatic heterocycles. The second-order valence-electron chi connectivity index (χ2n) is 3.98. The van der Waals surface area contributed by atoms with E-state index in [2.05, 4.69) is 55.4 Å². The lowest BCUT2D eigenvalue weighted by atomic mass is 10.2. The molecule has 20 heavy (non-hydrogen) atoms. The first-order chi connectivity index (χ1) is 9.27. The molecular weight excluding hydrogens is 361 g/mol. The smallest absolute Gasteiger partial charge is 0.339 e. The van der Waals surface area contributed by atoms with Gasteiger partial charge >= 0.3 is 5.20 Å². The Balaban J connectivity index is 0.000000257. The van der Waals surface area contributed by atoms with Gasteiger partial charge in [0, 0.05) is 12.4 Å². The number of hydrogen-bond acceptors (Lipinski definition) is 2. The summed E-state index contributed by atoms with van der Waals surface area (Å²) in [7, 11) is 2.04. The van der Waals surface area contributed by atoms with Crippen LogP contribution in [0.5, 0.6) is 0 Å². The summed E-state index contributed by atoms with van der Waals surface area (Å²) in [5.74, 6) is 0. The molecular formula is C12H9Cl4N2OP. The number of rotatable bonds is 0. The summed E-state index contributed by atoms with van der Waals surface area (Å²) in [6.45, 7) is 0. The minimum atomic E-state index is -3.22. The van der Waals surface area contributed by atoms with Crippen molar-refractivity contribution in [3.8, 4) is 0 Å².